The summed E-state index contributed by atoms with van der Waals surface area (Å²) in [6, 6.07) is 10.8. The fraction of sp³-hybridized carbons (Fsp3) is 0.242. The Bertz CT molecular complexity index is 1990. The molecule has 1 amide bonds. The monoisotopic (exact) mass is 591 g/mol. The van der Waals surface area contributed by atoms with Crippen LogP contribution in [-0.4, -0.2) is 68.1 Å². The molecule has 0 aliphatic heterocycles. The van der Waals surface area contributed by atoms with Gasteiger partial charge in [-0.1, -0.05) is 20.8 Å². The molecule has 0 aliphatic carbocycles. The van der Waals surface area contributed by atoms with Crippen molar-refractivity contribution in [3.63, 3.8) is 0 Å². The molecule has 0 spiro atoms. The molecule has 0 radical (unpaired) electrons. The molecular weight excluding hydrogens is 557 g/mol. The standard InChI is InChI=1S/C33H34FN9O/c1-33(2,3)32(44)39-23-10-20(14-35-15-23)27-13-25-30(18-38-27)41-42-31(25)28-12-24-26(16-36-17-29(24)40-28)19-8-21(34)11-22(9-19)37-6-7-43(4)5/h8-18,37,40H,6-7H2,1-5H3,(H,39,44)(H,41,42). The molecule has 4 N–H and O–H groups in total. The van der Waals surface area contributed by atoms with Crippen molar-refractivity contribution in [2.24, 2.45) is 5.41 Å². The van der Waals surface area contributed by atoms with E-state index in [1.807, 2.05) is 59.1 Å². The van der Waals surface area contributed by atoms with Crippen LogP contribution < -0.4 is 10.6 Å². The van der Waals surface area contributed by atoms with Crippen molar-refractivity contribution >= 4 is 39.1 Å². The van der Waals surface area contributed by atoms with Crippen molar-refractivity contribution in [1.82, 2.24) is 35.0 Å². The Hall–Kier alpha value is -5.16. The number of benzene rings is 1. The number of hydrogen-bond acceptors (Lipinski definition) is 7. The minimum absolute atomic E-state index is 0.0975. The summed E-state index contributed by atoms with van der Waals surface area (Å²) in [6.07, 6.45) is 8.57. The van der Waals surface area contributed by atoms with Crippen molar-refractivity contribution in [2.45, 2.75) is 20.8 Å². The van der Waals surface area contributed by atoms with Gasteiger partial charge in [0, 0.05) is 58.5 Å². The Morgan fingerprint density at radius 3 is 2.48 bits per heavy atom. The molecule has 5 aromatic heterocycles. The topological polar surface area (TPSA) is 128 Å². The summed E-state index contributed by atoms with van der Waals surface area (Å²) in [5.74, 6) is -0.419. The Labute approximate surface area is 254 Å². The molecule has 224 valence electrons. The second-order valence-electron chi connectivity index (χ2n) is 12.1. The highest BCUT2D eigenvalue weighted by Gasteiger charge is 2.22. The first-order valence-electron chi connectivity index (χ1n) is 14.3. The summed E-state index contributed by atoms with van der Waals surface area (Å²) in [5.41, 5.74) is 6.82. The largest absolute Gasteiger partial charge is 0.384 e. The second-order valence-corrected chi connectivity index (χ2v) is 12.1. The molecule has 11 heteroatoms. The van der Waals surface area contributed by atoms with Gasteiger partial charge in [-0.25, -0.2) is 4.39 Å². The number of H-pyrrole nitrogens is 2. The van der Waals surface area contributed by atoms with Crippen LogP contribution in [0.3, 0.4) is 0 Å². The lowest BCUT2D eigenvalue weighted by Gasteiger charge is -2.17. The first-order chi connectivity index (χ1) is 21.0. The minimum Gasteiger partial charge on any atom is -0.384 e. The molecule has 0 bridgehead atoms. The average molecular weight is 592 g/mol. The first-order valence-corrected chi connectivity index (χ1v) is 14.3. The summed E-state index contributed by atoms with van der Waals surface area (Å²) in [6.45, 7) is 7.10. The molecule has 0 saturated carbocycles. The molecular formula is C33H34FN9O. The number of likely N-dealkylation sites (N-methyl/N-ethyl adjacent to an activating group) is 1. The number of halogens is 1. The molecule has 0 unspecified atom stereocenters. The smallest absolute Gasteiger partial charge is 0.229 e. The van der Waals surface area contributed by atoms with E-state index in [9.17, 15) is 9.18 Å². The van der Waals surface area contributed by atoms with E-state index >= 15 is 0 Å². The molecule has 6 rings (SSSR count). The number of carbonyl (C=O) groups is 1. The zero-order valence-electron chi connectivity index (χ0n) is 25.3. The van der Waals surface area contributed by atoms with E-state index in [2.05, 4.69) is 45.7 Å². The molecule has 0 saturated heterocycles. The molecule has 0 aliphatic rings. The predicted molar refractivity (Wildman–Crippen MR) is 173 cm³/mol. The lowest BCUT2D eigenvalue weighted by molar-refractivity contribution is -0.123. The summed E-state index contributed by atoms with van der Waals surface area (Å²) >= 11 is 0. The molecule has 5 heterocycles. The SMILES string of the molecule is CN(C)CCNc1cc(F)cc(-c2cncc3[nH]c(-c4n[nH]c5cnc(-c6cncc(NC(=O)C(C)(C)C)c6)cc45)cc23)c1. The van der Waals surface area contributed by atoms with Crippen LogP contribution in [0.5, 0.6) is 0 Å². The van der Waals surface area contributed by atoms with Crippen LogP contribution in [0.15, 0.2) is 67.4 Å². The fourth-order valence-electron chi connectivity index (χ4n) is 4.93. The van der Waals surface area contributed by atoms with E-state index in [1.54, 1.807) is 31.0 Å². The van der Waals surface area contributed by atoms with E-state index < -0.39 is 5.41 Å². The van der Waals surface area contributed by atoms with Crippen LogP contribution in [0.25, 0.3) is 55.6 Å². The third-order valence-electron chi connectivity index (χ3n) is 7.32. The van der Waals surface area contributed by atoms with Crippen LogP contribution in [0.1, 0.15) is 20.8 Å². The lowest BCUT2D eigenvalue weighted by Crippen LogP contribution is -2.27. The average Bonchev–Trinajstić information content (AvgIpc) is 3.60. The third kappa shape index (κ3) is 6.00. The zero-order valence-corrected chi connectivity index (χ0v) is 25.3. The summed E-state index contributed by atoms with van der Waals surface area (Å²) in [4.78, 5) is 31.4. The zero-order chi connectivity index (χ0) is 31.0. The molecule has 10 nitrogen and oxygen atoms in total. The van der Waals surface area contributed by atoms with E-state index in [1.165, 1.54) is 12.1 Å². The summed E-state index contributed by atoms with van der Waals surface area (Å²) in [5, 5.41) is 15.7. The minimum atomic E-state index is -0.534. The maximum atomic E-state index is 14.7. The van der Waals surface area contributed by atoms with E-state index in [-0.39, 0.29) is 11.7 Å². The van der Waals surface area contributed by atoms with Gasteiger partial charge in [0.25, 0.3) is 0 Å². The Morgan fingerprint density at radius 2 is 1.68 bits per heavy atom. The maximum absolute atomic E-state index is 14.7. The van der Waals surface area contributed by atoms with Crippen molar-refractivity contribution in [3.8, 4) is 33.8 Å². The normalized spacial score (nSPS) is 11.9. The van der Waals surface area contributed by atoms with Crippen LogP contribution in [-0.2, 0) is 4.79 Å². The highest BCUT2D eigenvalue weighted by molar-refractivity contribution is 6.01. The highest BCUT2D eigenvalue weighted by atomic mass is 19.1. The number of nitrogens with one attached hydrogen (secondary N) is 4. The Balaban J connectivity index is 1.35. The molecule has 0 fully saturated rings. The van der Waals surface area contributed by atoms with E-state index in [4.69, 9.17) is 0 Å². The number of aromatic amines is 2. The molecule has 6 aromatic rings. The Morgan fingerprint density at radius 1 is 0.886 bits per heavy atom. The molecule has 1 aromatic carbocycles. The predicted octanol–water partition coefficient (Wildman–Crippen LogP) is 6.33. The van der Waals surface area contributed by atoms with Crippen molar-refractivity contribution in [3.05, 3.63) is 73.2 Å². The van der Waals surface area contributed by atoms with Gasteiger partial charge in [0.2, 0.25) is 5.91 Å². The third-order valence-corrected chi connectivity index (χ3v) is 7.32. The van der Waals surface area contributed by atoms with Crippen molar-refractivity contribution in [1.29, 1.82) is 0 Å². The van der Waals surface area contributed by atoms with Gasteiger partial charge < -0.3 is 20.5 Å². The van der Waals surface area contributed by atoms with Gasteiger partial charge in [-0.3, -0.25) is 24.8 Å². The van der Waals surface area contributed by atoms with Crippen molar-refractivity contribution < 1.29 is 9.18 Å². The first kappa shape index (κ1) is 28.9. The fourth-order valence-corrected chi connectivity index (χ4v) is 4.93. The molecule has 44 heavy (non-hydrogen) atoms. The lowest BCUT2D eigenvalue weighted by atomic mass is 9.95. The van der Waals surface area contributed by atoms with Crippen LogP contribution >= 0.6 is 0 Å². The van der Waals surface area contributed by atoms with Crippen LogP contribution in [0.2, 0.25) is 0 Å². The number of hydrogen-bond donors (Lipinski definition) is 4. The highest BCUT2D eigenvalue weighted by Crippen LogP contribution is 2.35. The van der Waals surface area contributed by atoms with Crippen molar-refractivity contribution in [2.75, 3.05) is 37.8 Å². The van der Waals surface area contributed by atoms with E-state index in [0.29, 0.717) is 29.3 Å². The summed E-state index contributed by atoms with van der Waals surface area (Å²) in [7, 11) is 4.00. The van der Waals surface area contributed by atoms with Gasteiger partial charge in [-0.15, -0.1) is 0 Å². The van der Waals surface area contributed by atoms with Gasteiger partial charge in [0.05, 0.1) is 46.7 Å². The van der Waals surface area contributed by atoms with Gasteiger partial charge in [-0.05, 0) is 56.1 Å². The quantitative estimate of drug-likeness (QED) is 0.163. The number of nitrogens with zero attached hydrogens (tertiary/aromatic N) is 5. The molecule has 0 atom stereocenters. The summed E-state index contributed by atoms with van der Waals surface area (Å²) < 4.78 is 14.7. The Kier molecular flexibility index (Phi) is 7.56. The number of carbonyl (C=O) groups excluding carboxylic acids is 1. The van der Waals surface area contributed by atoms with E-state index in [0.717, 1.165) is 50.7 Å². The van der Waals surface area contributed by atoms with Gasteiger partial charge in [0.15, 0.2) is 0 Å². The van der Waals surface area contributed by atoms with Crippen LogP contribution in [0.4, 0.5) is 15.8 Å². The number of rotatable bonds is 8. The number of pyridine rings is 3. The van der Waals surface area contributed by atoms with Gasteiger partial charge in [-0.2, -0.15) is 5.10 Å². The maximum Gasteiger partial charge on any atom is 0.229 e. The number of amides is 1. The van der Waals surface area contributed by atoms with Gasteiger partial charge in [0.1, 0.15) is 11.5 Å². The number of fused-ring (bicyclic) bond motifs is 2. The van der Waals surface area contributed by atoms with Gasteiger partial charge >= 0.3 is 0 Å². The van der Waals surface area contributed by atoms with Crippen LogP contribution in [0, 0.1) is 11.2 Å². The number of anilines is 2. The number of aromatic nitrogens is 6. The second kappa shape index (κ2) is 11.5.